The molecule has 0 aliphatic heterocycles. The minimum atomic E-state index is -0.424. The lowest BCUT2D eigenvalue weighted by atomic mass is 10.1. The molecule has 6 heteroatoms. The van der Waals surface area contributed by atoms with Crippen LogP contribution in [0.15, 0.2) is 59.0 Å². The number of nitrogens with zero attached hydrogens (tertiary/aromatic N) is 2. The molecular weight excluding hydrogens is 314 g/mol. The molecule has 23 heavy (non-hydrogen) atoms. The lowest BCUT2D eigenvalue weighted by Gasteiger charge is -2.12. The number of amides is 1. The van der Waals surface area contributed by atoms with Crippen LogP contribution in [-0.4, -0.2) is 16.1 Å². The summed E-state index contributed by atoms with van der Waals surface area (Å²) in [7, 11) is 0. The number of carbonyl (C=O) groups is 1. The Balaban J connectivity index is 1.75. The third-order valence-corrected chi connectivity index (χ3v) is 3.70. The number of hydrogen-bond donors (Lipinski definition) is 1. The Morgan fingerprint density at radius 3 is 2.52 bits per heavy atom. The summed E-state index contributed by atoms with van der Waals surface area (Å²) < 4.78 is 5.43. The zero-order valence-electron chi connectivity index (χ0n) is 12.4. The van der Waals surface area contributed by atoms with Crippen LogP contribution in [0.4, 0.5) is 0 Å². The summed E-state index contributed by atoms with van der Waals surface area (Å²) in [5.41, 5.74) is 1.59. The van der Waals surface area contributed by atoms with Crippen LogP contribution in [0, 0.1) is 0 Å². The summed E-state index contributed by atoms with van der Waals surface area (Å²) in [5, 5.41) is 11.0. The van der Waals surface area contributed by atoms with E-state index in [9.17, 15) is 4.79 Å². The maximum Gasteiger partial charge on any atom is 0.309 e. The van der Waals surface area contributed by atoms with Gasteiger partial charge in [-0.3, -0.25) is 4.79 Å². The number of aromatic nitrogens is 2. The van der Waals surface area contributed by atoms with E-state index in [1.165, 1.54) is 0 Å². The summed E-state index contributed by atoms with van der Waals surface area (Å²) in [4.78, 5) is 12.2. The van der Waals surface area contributed by atoms with E-state index in [1.807, 2.05) is 43.3 Å². The van der Waals surface area contributed by atoms with Gasteiger partial charge in [-0.1, -0.05) is 54.1 Å². The normalized spacial score (nSPS) is 11.9. The fraction of sp³-hybridized carbons (Fsp3) is 0.118. The molecule has 0 bridgehead atoms. The summed E-state index contributed by atoms with van der Waals surface area (Å²) in [5.74, 6) is -0.303. The second-order valence-corrected chi connectivity index (χ2v) is 5.41. The number of nitrogens with one attached hydrogen (secondary N) is 1. The first kappa shape index (κ1) is 15.2. The molecule has 116 valence electrons. The SMILES string of the molecule is C[C@H](NC(=O)c1nnc(-c2ccccc2Cl)o1)c1ccccc1. The Bertz CT molecular complexity index is 817. The molecular formula is C17H14ClN3O2. The van der Waals surface area contributed by atoms with Gasteiger partial charge in [0.1, 0.15) is 0 Å². The highest BCUT2D eigenvalue weighted by Crippen LogP contribution is 2.26. The van der Waals surface area contributed by atoms with Gasteiger partial charge in [0.15, 0.2) is 0 Å². The van der Waals surface area contributed by atoms with Crippen LogP contribution in [0.2, 0.25) is 5.02 Å². The highest BCUT2D eigenvalue weighted by Gasteiger charge is 2.19. The van der Waals surface area contributed by atoms with Crippen molar-refractivity contribution in [1.82, 2.24) is 15.5 Å². The van der Waals surface area contributed by atoms with Crippen molar-refractivity contribution in [3.63, 3.8) is 0 Å². The van der Waals surface area contributed by atoms with Crippen molar-refractivity contribution in [2.45, 2.75) is 13.0 Å². The van der Waals surface area contributed by atoms with Crippen LogP contribution in [0.25, 0.3) is 11.5 Å². The first-order valence-electron chi connectivity index (χ1n) is 7.09. The van der Waals surface area contributed by atoms with Gasteiger partial charge in [0.05, 0.1) is 16.6 Å². The third-order valence-electron chi connectivity index (χ3n) is 3.37. The zero-order chi connectivity index (χ0) is 16.2. The van der Waals surface area contributed by atoms with Gasteiger partial charge >= 0.3 is 11.8 Å². The van der Waals surface area contributed by atoms with Gasteiger partial charge in [-0.2, -0.15) is 0 Å². The van der Waals surface area contributed by atoms with E-state index < -0.39 is 5.91 Å². The molecule has 3 rings (SSSR count). The maximum absolute atomic E-state index is 12.2. The van der Waals surface area contributed by atoms with Crippen molar-refractivity contribution in [3.05, 3.63) is 71.1 Å². The highest BCUT2D eigenvalue weighted by atomic mass is 35.5. The van der Waals surface area contributed by atoms with Gasteiger partial charge < -0.3 is 9.73 Å². The molecule has 0 aliphatic rings. The quantitative estimate of drug-likeness (QED) is 0.789. The minimum absolute atomic E-state index is 0.0947. The van der Waals surface area contributed by atoms with E-state index in [0.29, 0.717) is 10.6 Å². The second kappa shape index (κ2) is 6.62. The smallest absolute Gasteiger partial charge is 0.309 e. The molecule has 1 heterocycles. The predicted molar refractivity (Wildman–Crippen MR) is 87.1 cm³/mol. The van der Waals surface area contributed by atoms with Gasteiger partial charge in [0.25, 0.3) is 0 Å². The van der Waals surface area contributed by atoms with Gasteiger partial charge in [-0.05, 0) is 24.6 Å². The number of halogens is 1. The Morgan fingerprint density at radius 1 is 1.09 bits per heavy atom. The molecule has 0 unspecified atom stereocenters. The predicted octanol–water partition coefficient (Wildman–Crippen LogP) is 3.88. The minimum Gasteiger partial charge on any atom is -0.412 e. The number of benzene rings is 2. The maximum atomic E-state index is 12.2. The first-order valence-corrected chi connectivity index (χ1v) is 7.47. The zero-order valence-corrected chi connectivity index (χ0v) is 13.1. The third kappa shape index (κ3) is 3.40. The van der Waals surface area contributed by atoms with Crippen LogP contribution in [-0.2, 0) is 0 Å². The summed E-state index contributed by atoms with van der Waals surface area (Å²) in [6, 6.07) is 16.6. The number of hydrogen-bond acceptors (Lipinski definition) is 4. The number of rotatable bonds is 4. The molecule has 0 aliphatic carbocycles. The second-order valence-electron chi connectivity index (χ2n) is 5.00. The lowest BCUT2D eigenvalue weighted by Crippen LogP contribution is -2.26. The fourth-order valence-corrected chi connectivity index (χ4v) is 2.36. The molecule has 1 atom stereocenters. The van der Waals surface area contributed by atoms with Crippen molar-refractivity contribution in [2.24, 2.45) is 0 Å². The largest absolute Gasteiger partial charge is 0.412 e. The fourth-order valence-electron chi connectivity index (χ4n) is 2.14. The molecule has 0 spiro atoms. The van der Waals surface area contributed by atoms with Crippen LogP contribution in [0.1, 0.15) is 29.2 Å². The standard InChI is InChI=1S/C17H14ClN3O2/c1-11(12-7-3-2-4-8-12)19-15(22)17-21-20-16(23-17)13-9-5-6-10-14(13)18/h2-11H,1H3,(H,19,22)/t11-/m0/s1. The van der Waals surface area contributed by atoms with E-state index in [-0.39, 0.29) is 17.8 Å². The average molecular weight is 328 g/mol. The van der Waals surface area contributed by atoms with Crippen LogP contribution < -0.4 is 5.32 Å². The molecule has 1 aromatic heterocycles. The summed E-state index contributed by atoms with van der Waals surface area (Å²) >= 11 is 6.08. The summed E-state index contributed by atoms with van der Waals surface area (Å²) in [6.45, 7) is 1.89. The van der Waals surface area contributed by atoms with E-state index in [0.717, 1.165) is 5.56 Å². The molecule has 5 nitrogen and oxygen atoms in total. The van der Waals surface area contributed by atoms with E-state index >= 15 is 0 Å². The first-order chi connectivity index (χ1) is 11.1. The molecule has 1 amide bonds. The van der Waals surface area contributed by atoms with E-state index in [2.05, 4.69) is 15.5 Å². The van der Waals surface area contributed by atoms with Crippen molar-refractivity contribution in [2.75, 3.05) is 0 Å². The summed E-state index contributed by atoms with van der Waals surface area (Å²) in [6.07, 6.45) is 0. The van der Waals surface area contributed by atoms with Gasteiger partial charge in [0.2, 0.25) is 5.89 Å². The van der Waals surface area contributed by atoms with Crippen molar-refractivity contribution in [3.8, 4) is 11.5 Å². The lowest BCUT2D eigenvalue weighted by molar-refractivity contribution is 0.0905. The van der Waals surface area contributed by atoms with Crippen LogP contribution in [0.3, 0.4) is 0 Å². The van der Waals surface area contributed by atoms with Crippen molar-refractivity contribution in [1.29, 1.82) is 0 Å². The van der Waals surface area contributed by atoms with E-state index in [4.69, 9.17) is 16.0 Å². The van der Waals surface area contributed by atoms with Gasteiger partial charge in [-0.25, -0.2) is 0 Å². The van der Waals surface area contributed by atoms with Crippen molar-refractivity contribution < 1.29 is 9.21 Å². The topological polar surface area (TPSA) is 68.0 Å². The van der Waals surface area contributed by atoms with E-state index in [1.54, 1.807) is 18.2 Å². The average Bonchev–Trinajstić information content (AvgIpc) is 3.06. The van der Waals surface area contributed by atoms with Crippen LogP contribution in [0.5, 0.6) is 0 Å². The molecule has 0 fully saturated rings. The number of carbonyl (C=O) groups excluding carboxylic acids is 1. The Kier molecular flexibility index (Phi) is 4.39. The molecule has 0 saturated heterocycles. The Labute approximate surface area is 138 Å². The van der Waals surface area contributed by atoms with Crippen molar-refractivity contribution >= 4 is 17.5 Å². The Hall–Kier alpha value is -2.66. The van der Waals surface area contributed by atoms with Crippen LogP contribution >= 0.6 is 11.6 Å². The molecule has 1 N–H and O–H groups in total. The molecule has 2 aromatic carbocycles. The molecule has 0 radical (unpaired) electrons. The molecule has 3 aromatic rings. The molecule has 0 saturated carbocycles. The monoisotopic (exact) mass is 327 g/mol. The Morgan fingerprint density at radius 2 is 1.78 bits per heavy atom. The van der Waals surface area contributed by atoms with Gasteiger partial charge in [0, 0.05) is 0 Å². The highest BCUT2D eigenvalue weighted by molar-refractivity contribution is 6.33. The van der Waals surface area contributed by atoms with Gasteiger partial charge in [-0.15, -0.1) is 10.2 Å².